The monoisotopic (exact) mass is 231 g/mol. The molecule has 0 atom stereocenters. The van der Waals surface area contributed by atoms with Crippen molar-refractivity contribution in [1.29, 1.82) is 0 Å². The fraction of sp³-hybridized carbons (Fsp3) is 0.308. The number of ether oxygens (including phenoxy) is 1. The number of nitrogens with zero attached hydrogens (tertiary/aromatic N) is 2. The molecule has 1 N–H and O–H groups in total. The van der Waals surface area contributed by atoms with Gasteiger partial charge in [-0.25, -0.2) is 4.98 Å². The largest absolute Gasteiger partial charge is 0.380 e. The number of methoxy groups -OCH3 is 1. The molecule has 4 nitrogen and oxygen atoms in total. The van der Waals surface area contributed by atoms with Crippen molar-refractivity contribution in [2.75, 3.05) is 19.5 Å². The number of hydrogen-bond donors (Lipinski definition) is 1. The average molecular weight is 231 g/mol. The summed E-state index contributed by atoms with van der Waals surface area (Å²) in [5.41, 5.74) is 3.23. The number of rotatable bonds is 4. The molecular weight excluding hydrogens is 214 g/mol. The van der Waals surface area contributed by atoms with E-state index >= 15 is 0 Å². The molecule has 0 saturated heterocycles. The highest BCUT2D eigenvalue weighted by atomic mass is 16.5. The van der Waals surface area contributed by atoms with Gasteiger partial charge in [0.25, 0.3) is 0 Å². The van der Waals surface area contributed by atoms with Gasteiger partial charge in [0.15, 0.2) is 0 Å². The lowest BCUT2D eigenvalue weighted by Gasteiger charge is -2.08. The van der Waals surface area contributed by atoms with Crippen LogP contribution in [0, 0.1) is 6.92 Å². The number of benzene rings is 1. The van der Waals surface area contributed by atoms with E-state index < -0.39 is 0 Å². The topological polar surface area (TPSA) is 39.1 Å². The van der Waals surface area contributed by atoms with E-state index in [2.05, 4.69) is 28.5 Å². The van der Waals surface area contributed by atoms with Crippen molar-refractivity contribution in [2.24, 2.45) is 0 Å². The summed E-state index contributed by atoms with van der Waals surface area (Å²) in [4.78, 5) is 4.40. The lowest BCUT2D eigenvalue weighted by Crippen LogP contribution is -2.01. The van der Waals surface area contributed by atoms with Crippen molar-refractivity contribution in [2.45, 2.75) is 13.5 Å². The number of aryl methyl sites for hydroxylation is 1. The smallest absolute Gasteiger partial charge is 0.207 e. The van der Waals surface area contributed by atoms with Gasteiger partial charge in [-0.2, -0.15) is 0 Å². The predicted molar refractivity (Wildman–Crippen MR) is 68.6 cm³/mol. The Bertz CT molecular complexity index is 505. The summed E-state index contributed by atoms with van der Waals surface area (Å²) in [5, 5.41) is 3.09. The van der Waals surface area contributed by atoms with Gasteiger partial charge in [-0.15, -0.1) is 0 Å². The number of anilines is 1. The third-order valence-electron chi connectivity index (χ3n) is 2.55. The molecule has 0 radical (unpaired) electrons. The van der Waals surface area contributed by atoms with E-state index in [-0.39, 0.29) is 0 Å². The first kappa shape index (κ1) is 11.7. The summed E-state index contributed by atoms with van der Waals surface area (Å²) in [6.07, 6.45) is 2.01. The molecule has 0 fully saturated rings. The molecule has 0 spiro atoms. The van der Waals surface area contributed by atoms with Crippen LogP contribution in [0.3, 0.4) is 0 Å². The van der Waals surface area contributed by atoms with Gasteiger partial charge < -0.3 is 10.1 Å². The molecule has 17 heavy (non-hydrogen) atoms. The van der Waals surface area contributed by atoms with Crippen molar-refractivity contribution in [1.82, 2.24) is 9.55 Å². The van der Waals surface area contributed by atoms with Crippen LogP contribution < -0.4 is 5.32 Å². The Balaban J connectivity index is 2.41. The van der Waals surface area contributed by atoms with E-state index in [0.29, 0.717) is 6.61 Å². The molecule has 0 aliphatic carbocycles. The van der Waals surface area contributed by atoms with Crippen LogP contribution >= 0.6 is 0 Å². The first-order valence-corrected chi connectivity index (χ1v) is 5.56. The van der Waals surface area contributed by atoms with Crippen LogP contribution in [0.15, 0.2) is 30.5 Å². The molecule has 90 valence electrons. The minimum atomic E-state index is 0.621. The Hall–Kier alpha value is -1.81. The summed E-state index contributed by atoms with van der Waals surface area (Å²) in [5.74, 6) is 0.845. The van der Waals surface area contributed by atoms with Gasteiger partial charge in [0.05, 0.1) is 12.3 Å². The fourth-order valence-electron chi connectivity index (χ4n) is 1.83. The lowest BCUT2D eigenvalue weighted by atomic mass is 10.2. The van der Waals surface area contributed by atoms with Gasteiger partial charge in [0.2, 0.25) is 5.95 Å². The van der Waals surface area contributed by atoms with Gasteiger partial charge in [-0.3, -0.25) is 4.57 Å². The second-order valence-electron chi connectivity index (χ2n) is 3.93. The molecule has 2 aromatic rings. The fourth-order valence-corrected chi connectivity index (χ4v) is 1.83. The molecule has 2 rings (SSSR count). The quantitative estimate of drug-likeness (QED) is 0.878. The standard InChI is InChI=1S/C13H17N3O/c1-10-8-16(13(14-2)15-10)12-6-4-5-11(7-12)9-17-3/h4-8H,9H2,1-3H3,(H,14,15). The molecule has 1 aromatic heterocycles. The Labute approximate surface area is 101 Å². The molecule has 0 aliphatic rings. The number of aromatic nitrogens is 2. The number of nitrogens with one attached hydrogen (secondary N) is 1. The molecule has 0 bridgehead atoms. The first-order valence-electron chi connectivity index (χ1n) is 5.56. The van der Waals surface area contributed by atoms with E-state index in [1.165, 1.54) is 0 Å². The van der Waals surface area contributed by atoms with Crippen molar-refractivity contribution in [3.8, 4) is 5.69 Å². The van der Waals surface area contributed by atoms with Gasteiger partial charge >= 0.3 is 0 Å². The number of imidazole rings is 1. The number of hydrogen-bond acceptors (Lipinski definition) is 3. The zero-order valence-electron chi connectivity index (χ0n) is 10.4. The molecule has 4 heteroatoms. The third kappa shape index (κ3) is 2.47. The molecule has 0 saturated carbocycles. The van der Waals surface area contributed by atoms with E-state index in [4.69, 9.17) is 4.74 Å². The first-order chi connectivity index (χ1) is 8.24. The zero-order valence-corrected chi connectivity index (χ0v) is 10.4. The van der Waals surface area contributed by atoms with Crippen LogP contribution in [-0.4, -0.2) is 23.7 Å². The van der Waals surface area contributed by atoms with Gasteiger partial charge in [-0.05, 0) is 24.6 Å². The molecule has 0 unspecified atom stereocenters. The van der Waals surface area contributed by atoms with Crippen LogP contribution in [0.4, 0.5) is 5.95 Å². The second kappa shape index (κ2) is 5.01. The van der Waals surface area contributed by atoms with Crippen LogP contribution in [0.1, 0.15) is 11.3 Å². The van der Waals surface area contributed by atoms with Crippen molar-refractivity contribution >= 4 is 5.95 Å². The van der Waals surface area contributed by atoms with E-state index in [1.807, 2.05) is 30.8 Å². The van der Waals surface area contributed by atoms with Crippen LogP contribution in [-0.2, 0) is 11.3 Å². The minimum absolute atomic E-state index is 0.621. The molecule has 1 heterocycles. The Morgan fingerprint density at radius 3 is 2.94 bits per heavy atom. The highest BCUT2D eigenvalue weighted by Gasteiger charge is 2.06. The van der Waals surface area contributed by atoms with Crippen molar-refractivity contribution < 1.29 is 4.74 Å². The van der Waals surface area contributed by atoms with Crippen LogP contribution in [0.5, 0.6) is 0 Å². The highest BCUT2D eigenvalue weighted by Crippen LogP contribution is 2.17. The predicted octanol–water partition coefficient (Wildman–Crippen LogP) is 2.37. The van der Waals surface area contributed by atoms with Crippen molar-refractivity contribution in [3.05, 3.63) is 41.7 Å². The molecule has 1 aromatic carbocycles. The molecule has 0 amide bonds. The SMILES string of the molecule is CNc1nc(C)cn1-c1cccc(COC)c1. The highest BCUT2D eigenvalue weighted by molar-refractivity contribution is 5.44. The minimum Gasteiger partial charge on any atom is -0.380 e. The normalized spacial score (nSPS) is 10.5. The van der Waals surface area contributed by atoms with Crippen molar-refractivity contribution in [3.63, 3.8) is 0 Å². The van der Waals surface area contributed by atoms with E-state index in [0.717, 1.165) is 22.9 Å². The summed E-state index contributed by atoms with van der Waals surface area (Å²) < 4.78 is 7.18. The maximum absolute atomic E-state index is 5.14. The molecular formula is C13H17N3O. The maximum atomic E-state index is 5.14. The van der Waals surface area contributed by atoms with Gasteiger partial charge in [0.1, 0.15) is 0 Å². The Kier molecular flexibility index (Phi) is 3.44. The Morgan fingerprint density at radius 1 is 1.41 bits per heavy atom. The van der Waals surface area contributed by atoms with Gasteiger partial charge in [0, 0.05) is 26.0 Å². The van der Waals surface area contributed by atoms with Crippen LogP contribution in [0.25, 0.3) is 5.69 Å². The Morgan fingerprint density at radius 2 is 2.24 bits per heavy atom. The maximum Gasteiger partial charge on any atom is 0.207 e. The molecule has 0 aliphatic heterocycles. The summed E-state index contributed by atoms with van der Waals surface area (Å²) in [6, 6.07) is 8.24. The lowest BCUT2D eigenvalue weighted by molar-refractivity contribution is 0.185. The van der Waals surface area contributed by atoms with Crippen LogP contribution in [0.2, 0.25) is 0 Å². The second-order valence-corrected chi connectivity index (χ2v) is 3.93. The van der Waals surface area contributed by atoms with Gasteiger partial charge in [-0.1, -0.05) is 12.1 Å². The summed E-state index contributed by atoms with van der Waals surface area (Å²) in [6.45, 7) is 2.60. The van der Waals surface area contributed by atoms with E-state index in [1.54, 1.807) is 7.11 Å². The zero-order chi connectivity index (χ0) is 12.3. The summed E-state index contributed by atoms with van der Waals surface area (Å²) in [7, 11) is 3.57. The third-order valence-corrected chi connectivity index (χ3v) is 2.55. The van der Waals surface area contributed by atoms with E-state index in [9.17, 15) is 0 Å². The summed E-state index contributed by atoms with van der Waals surface area (Å²) >= 11 is 0. The average Bonchev–Trinajstić information content (AvgIpc) is 2.71.